The first kappa shape index (κ1) is 40.2. The Hall–Kier alpha value is -7.64. The number of rotatable bonds is 9. The fourth-order valence-corrected chi connectivity index (χ4v) is 9.64. The van der Waals surface area contributed by atoms with E-state index >= 15 is 0 Å². The van der Waals surface area contributed by atoms with Crippen molar-refractivity contribution < 1.29 is 32.6 Å². The smallest absolute Gasteiger partial charge is 0.408 e. The third-order valence-corrected chi connectivity index (χ3v) is 12.8. The number of nitrogens with zero attached hydrogens (tertiary/aromatic N) is 3. The molecule has 3 aromatic heterocycles. The number of ether oxygens (including phenoxy) is 3. The largest absolute Gasteiger partial charge is 0.489 e. The van der Waals surface area contributed by atoms with Gasteiger partial charge in [0.2, 0.25) is 17.7 Å². The van der Waals surface area contributed by atoms with Gasteiger partial charge < -0.3 is 43.6 Å². The Kier molecular flexibility index (Phi) is 9.99. The lowest BCUT2D eigenvalue weighted by molar-refractivity contribution is -0.124. The van der Waals surface area contributed by atoms with Crippen LogP contribution in [-0.4, -0.2) is 46.2 Å². The van der Waals surface area contributed by atoms with E-state index < -0.39 is 29.5 Å². The molecule has 0 saturated carbocycles. The van der Waals surface area contributed by atoms with Crippen LogP contribution in [-0.2, 0) is 46.0 Å². The van der Waals surface area contributed by atoms with Gasteiger partial charge in [0, 0.05) is 54.0 Å². The van der Waals surface area contributed by atoms with Crippen molar-refractivity contribution in [3.8, 4) is 39.8 Å². The van der Waals surface area contributed by atoms with Gasteiger partial charge in [-0.25, -0.2) is 14.8 Å². The third-order valence-electron chi connectivity index (χ3n) is 12.8. The van der Waals surface area contributed by atoms with E-state index in [4.69, 9.17) is 33.0 Å². The molecule has 65 heavy (non-hydrogen) atoms. The molecule has 1 spiro atoms. The number of benzene rings is 5. The summed E-state index contributed by atoms with van der Waals surface area (Å²) < 4.78 is 34.2. The molecule has 326 valence electrons. The lowest BCUT2D eigenvalue weighted by Gasteiger charge is -2.32. The molecule has 13 heteroatoms. The van der Waals surface area contributed by atoms with Gasteiger partial charge in [0.25, 0.3) is 0 Å². The molecule has 3 atom stereocenters. The van der Waals surface area contributed by atoms with Crippen molar-refractivity contribution in [2.75, 3.05) is 19.0 Å². The molecule has 8 aromatic rings. The number of alkyl carbamates (subject to hydrolysis) is 1. The van der Waals surface area contributed by atoms with Crippen molar-refractivity contribution in [1.29, 1.82) is 0 Å². The maximum absolute atomic E-state index is 14.6. The number of para-hydroxylation sites is 1. The molecule has 3 N–H and O–H groups in total. The molecule has 5 aromatic carbocycles. The van der Waals surface area contributed by atoms with E-state index in [1.807, 2.05) is 92.8 Å². The molecule has 0 aliphatic carbocycles. The summed E-state index contributed by atoms with van der Waals surface area (Å²) >= 11 is 0. The van der Waals surface area contributed by atoms with Crippen LogP contribution >= 0.6 is 0 Å². The highest BCUT2D eigenvalue weighted by molar-refractivity contribution is 6.08. The molecular weight excluding hydrogens is 821 g/mol. The first-order chi connectivity index (χ1) is 31.8. The highest BCUT2D eigenvalue weighted by Crippen LogP contribution is 2.56. The average Bonchev–Trinajstić information content (AvgIpc) is 4.14. The minimum Gasteiger partial charge on any atom is -0.489 e. The SMILES string of the molecule is COCn1cc2c3c(cccc31)-c1cccc3c1NC[C@]31c3cc(ccc3OCc3ccccc3)C[C@H](NC(=O)OCc3ccccc3)C(=O)NC(C(C)C)c3nc(c1o3)-c1ncc-2o1. The van der Waals surface area contributed by atoms with E-state index in [-0.39, 0.29) is 30.7 Å². The molecule has 0 fully saturated rings. The van der Waals surface area contributed by atoms with Crippen molar-refractivity contribution >= 4 is 28.6 Å². The zero-order valence-corrected chi connectivity index (χ0v) is 36.1. The molecule has 10 bridgehead atoms. The van der Waals surface area contributed by atoms with E-state index in [1.165, 1.54) is 0 Å². The Bertz CT molecular complexity index is 3100. The van der Waals surface area contributed by atoms with Crippen LogP contribution in [0.25, 0.3) is 44.9 Å². The van der Waals surface area contributed by atoms with E-state index in [9.17, 15) is 9.59 Å². The number of oxazole rings is 2. The third kappa shape index (κ3) is 6.90. The van der Waals surface area contributed by atoms with Gasteiger partial charge in [-0.15, -0.1) is 0 Å². The molecule has 11 rings (SSSR count). The normalized spacial score (nSPS) is 18.1. The fourth-order valence-electron chi connectivity index (χ4n) is 9.64. The summed E-state index contributed by atoms with van der Waals surface area (Å²) in [5.41, 5.74) is 8.35. The minimum atomic E-state index is -1.09. The number of aromatic nitrogens is 3. The summed E-state index contributed by atoms with van der Waals surface area (Å²) in [7, 11) is 1.68. The van der Waals surface area contributed by atoms with Crippen LogP contribution in [0.3, 0.4) is 0 Å². The number of hydrogen-bond acceptors (Lipinski definition) is 10. The molecule has 2 amide bonds. The van der Waals surface area contributed by atoms with Crippen LogP contribution < -0.4 is 20.7 Å². The highest BCUT2D eigenvalue weighted by Gasteiger charge is 2.51. The minimum absolute atomic E-state index is 0.0447. The zero-order valence-electron chi connectivity index (χ0n) is 36.1. The summed E-state index contributed by atoms with van der Waals surface area (Å²) in [6, 6.07) is 36.2. The molecule has 3 aliphatic heterocycles. The summed E-state index contributed by atoms with van der Waals surface area (Å²) in [5, 5.41) is 10.9. The van der Waals surface area contributed by atoms with Crippen LogP contribution in [0.4, 0.5) is 10.5 Å². The number of amides is 2. The number of methoxy groups -OCH3 is 1. The van der Waals surface area contributed by atoms with Crippen molar-refractivity contribution in [2.45, 2.75) is 57.7 Å². The molecule has 0 radical (unpaired) electrons. The van der Waals surface area contributed by atoms with Crippen LogP contribution in [0, 0.1) is 5.92 Å². The number of carbonyl (C=O) groups excluding carboxylic acids is 2. The Balaban J connectivity index is 1.15. The quantitative estimate of drug-likeness (QED) is 0.128. The van der Waals surface area contributed by atoms with Crippen LogP contribution in [0.15, 0.2) is 136 Å². The Labute approximate surface area is 374 Å². The van der Waals surface area contributed by atoms with Gasteiger partial charge in [0.15, 0.2) is 17.2 Å². The van der Waals surface area contributed by atoms with Crippen LogP contribution in [0.2, 0.25) is 0 Å². The summed E-state index contributed by atoms with van der Waals surface area (Å²) in [5.74, 6) is 1.55. The van der Waals surface area contributed by atoms with Crippen molar-refractivity contribution in [1.82, 2.24) is 25.2 Å². The van der Waals surface area contributed by atoms with E-state index in [0.717, 1.165) is 61.1 Å². The predicted molar refractivity (Wildman–Crippen MR) is 244 cm³/mol. The summed E-state index contributed by atoms with van der Waals surface area (Å²) in [6.45, 7) is 4.99. The Morgan fingerprint density at radius 3 is 2.45 bits per heavy atom. The standard InChI is InChI=1S/C52H46N6O7/c1-30(2)44-50-57-46-47(65-50)52(28-54-45-35(17-10-18-37(45)52)34-16-11-19-40-43(34)36(25-58(40)29-61-3)42-24-53-49(46)64-42)38-22-33(20-21-41(38)62-26-31-12-6-4-7-13-31)23-39(48(59)56-44)55-51(60)63-27-32-14-8-5-9-15-32/h4-22,24-25,30,39,44,54H,23,26-29H2,1-3H3,(H,55,60)(H,56,59)/t39-,44?,52+/m0/s1. The molecule has 1 unspecified atom stereocenters. The summed E-state index contributed by atoms with van der Waals surface area (Å²) in [6.07, 6.45) is 3.19. The number of fused-ring (bicyclic) bond motifs is 8. The molecule has 13 nitrogen and oxygen atoms in total. The van der Waals surface area contributed by atoms with Crippen molar-refractivity contribution in [3.05, 3.63) is 167 Å². The second-order valence-corrected chi connectivity index (χ2v) is 17.2. The van der Waals surface area contributed by atoms with Gasteiger partial charge in [-0.3, -0.25) is 4.79 Å². The predicted octanol–water partition coefficient (Wildman–Crippen LogP) is 9.54. The lowest BCUT2D eigenvalue weighted by Crippen LogP contribution is -2.49. The monoisotopic (exact) mass is 866 g/mol. The molecular formula is C52H46N6O7. The van der Waals surface area contributed by atoms with Gasteiger partial charge in [-0.05, 0) is 45.9 Å². The fraction of sp³-hybridized carbons (Fsp3) is 0.231. The van der Waals surface area contributed by atoms with E-state index in [1.54, 1.807) is 13.3 Å². The lowest BCUT2D eigenvalue weighted by atomic mass is 9.71. The Morgan fingerprint density at radius 1 is 0.892 bits per heavy atom. The second kappa shape index (κ2) is 16.2. The van der Waals surface area contributed by atoms with Gasteiger partial charge in [0.05, 0.1) is 11.7 Å². The van der Waals surface area contributed by atoms with E-state index in [0.29, 0.717) is 42.8 Å². The van der Waals surface area contributed by atoms with Crippen LogP contribution in [0.1, 0.15) is 59.4 Å². The van der Waals surface area contributed by atoms with Crippen molar-refractivity contribution in [2.24, 2.45) is 5.92 Å². The van der Waals surface area contributed by atoms with Gasteiger partial charge >= 0.3 is 6.09 Å². The van der Waals surface area contributed by atoms with E-state index in [2.05, 4.69) is 63.0 Å². The zero-order chi connectivity index (χ0) is 44.2. The number of carbonyl (C=O) groups is 2. The molecule has 3 aliphatic rings. The maximum atomic E-state index is 14.6. The Morgan fingerprint density at radius 2 is 1.66 bits per heavy atom. The molecule has 0 saturated heterocycles. The second-order valence-electron chi connectivity index (χ2n) is 17.2. The van der Waals surface area contributed by atoms with Gasteiger partial charge in [0.1, 0.15) is 43.2 Å². The maximum Gasteiger partial charge on any atom is 0.408 e. The van der Waals surface area contributed by atoms with Crippen molar-refractivity contribution in [3.63, 3.8) is 0 Å². The number of nitrogens with one attached hydrogen (secondary N) is 3. The van der Waals surface area contributed by atoms with Gasteiger partial charge in [-0.2, -0.15) is 0 Å². The topological polar surface area (TPSA) is 155 Å². The first-order valence-corrected chi connectivity index (χ1v) is 21.8. The average molecular weight is 867 g/mol. The summed E-state index contributed by atoms with van der Waals surface area (Å²) in [4.78, 5) is 38.2. The molecule has 6 heterocycles. The number of anilines is 1. The highest BCUT2D eigenvalue weighted by atomic mass is 16.5. The van der Waals surface area contributed by atoms with Crippen LogP contribution in [0.5, 0.6) is 5.75 Å². The first-order valence-electron chi connectivity index (χ1n) is 21.8. The number of hydrogen-bond donors (Lipinski definition) is 3. The van der Waals surface area contributed by atoms with Gasteiger partial charge in [-0.1, -0.05) is 117 Å².